The molecule has 0 atom stereocenters. The Kier molecular flexibility index (Phi) is 4.49. The molecule has 2 heterocycles. The van der Waals surface area contributed by atoms with Crippen LogP contribution in [0, 0.1) is 0 Å². The Morgan fingerprint density at radius 1 is 1.25 bits per heavy atom. The molecule has 0 fully saturated rings. The number of alkyl halides is 3. The van der Waals surface area contributed by atoms with Gasteiger partial charge in [-0.2, -0.15) is 13.2 Å². The van der Waals surface area contributed by atoms with E-state index in [4.69, 9.17) is 0 Å². The lowest BCUT2D eigenvalue weighted by atomic mass is 10.2. The van der Waals surface area contributed by atoms with E-state index in [1.807, 2.05) is 29.2 Å². The number of carbonyl (C=O) groups excluding carboxylic acids is 1. The molecular weight excluding hydrogens is 339 g/mol. The summed E-state index contributed by atoms with van der Waals surface area (Å²) in [5.74, 6) is -0.0436. The Balaban J connectivity index is 1.89. The van der Waals surface area contributed by atoms with Gasteiger partial charge in [-0.1, -0.05) is 12.1 Å². The number of rotatable bonds is 2. The van der Waals surface area contributed by atoms with Gasteiger partial charge in [0.2, 0.25) is 5.91 Å². The number of fused-ring (bicyclic) bond motifs is 1. The number of benzene rings is 1. The summed E-state index contributed by atoms with van der Waals surface area (Å²) in [6.07, 6.45) is -3.68. The van der Waals surface area contributed by atoms with Crippen molar-refractivity contribution in [3.05, 3.63) is 40.3 Å². The van der Waals surface area contributed by atoms with E-state index < -0.39 is 11.9 Å². The highest BCUT2D eigenvalue weighted by atomic mass is 32.1. The first kappa shape index (κ1) is 16.8. The minimum absolute atomic E-state index is 0.0436. The number of aromatic nitrogens is 1. The minimum atomic E-state index is -4.42. The predicted molar refractivity (Wildman–Crippen MR) is 87.3 cm³/mol. The molecule has 0 aliphatic carbocycles. The maximum Gasteiger partial charge on any atom is 0.434 e. The van der Waals surface area contributed by atoms with E-state index in [0.29, 0.717) is 24.6 Å². The molecular formula is C16H16F3N3OS. The van der Waals surface area contributed by atoms with Gasteiger partial charge in [-0.05, 0) is 18.6 Å². The Hall–Kier alpha value is -2.09. The van der Waals surface area contributed by atoms with Gasteiger partial charge in [0.15, 0.2) is 5.69 Å². The lowest BCUT2D eigenvalue weighted by Crippen LogP contribution is -2.28. The molecule has 0 unspecified atom stereocenters. The van der Waals surface area contributed by atoms with Crippen LogP contribution in [0.15, 0.2) is 29.6 Å². The zero-order valence-electron chi connectivity index (χ0n) is 13.0. The van der Waals surface area contributed by atoms with Gasteiger partial charge in [0.25, 0.3) is 0 Å². The molecule has 2 aromatic rings. The molecule has 0 N–H and O–H groups in total. The summed E-state index contributed by atoms with van der Waals surface area (Å²) in [5, 5.41) is 1.45. The molecule has 1 aromatic heterocycles. The number of nitrogens with zero attached hydrogens (tertiary/aromatic N) is 3. The molecule has 4 nitrogen and oxygen atoms in total. The molecule has 0 radical (unpaired) electrons. The second kappa shape index (κ2) is 6.43. The van der Waals surface area contributed by atoms with Crippen molar-refractivity contribution in [1.29, 1.82) is 0 Å². The number of hydrogen-bond acceptors (Lipinski definition) is 4. The third-order valence-corrected chi connectivity index (χ3v) is 4.70. The van der Waals surface area contributed by atoms with E-state index in [0.717, 1.165) is 34.5 Å². The van der Waals surface area contributed by atoms with E-state index in [-0.39, 0.29) is 5.91 Å². The van der Waals surface area contributed by atoms with Crippen molar-refractivity contribution in [2.45, 2.75) is 26.1 Å². The largest absolute Gasteiger partial charge is 0.434 e. The molecule has 1 aliphatic rings. The van der Waals surface area contributed by atoms with Gasteiger partial charge in [0, 0.05) is 25.4 Å². The van der Waals surface area contributed by atoms with Gasteiger partial charge in [-0.3, -0.25) is 4.79 Å². The van der Waals surface area contributed by atoms with Crippen LogP contribution in [0.4, 0.5) is 24.5 Å². The van der Waals surface area contributed by atoms with Gasteiger partial charge in [0.1, 0.15) is 5.01 Å². The van der Waals surface area contributed by atoms with Crippen molar-refractivity contribution in [3.8, 4) is 0 Å². The summed E-state index contributed by atoms with van der Waals surface area (Å²) in [6, 6.07) is 7.45. The molecule has 1 aliphatic heterocycles. The Labute approximate surface area is 141 Å². The standard InChI is InChI=1S/C16H16F3N3OS/c1-11(23)22-8-4-7-21(12-5-2-3-6-13(12)22)9-15-20-14(10-24-15)16(17,18)19/h2-3,5-6,10H,4,7-9H2,1H3. The van der Waals surface area contributed by atoms with E-state index in [1.54, 1.807) is 4.90 Å². The van der Waals surface area contributed by atoms with Crippen molar-refractivity contribution in [3.63, 3.8) is 0 Å². The molecule has 3 rings (SSSR count). The number of amides is 1. The van der Waals surface area contributed by atoms with Crippen LogP contribution < -0.4 is 9.80 Å². The highest BCUT2D eigenvalue weighted by Crippen LogP contribution is 2.35. The van der Waals surface area contributed by atoms with E-state index in [1.165, 1.54) is 6.92 Å². The third kappa shape index (κ3) is 3.38. The first-order valence-electron chi connectivity index (χ1n) is 7.50. The molecule has 0 saturated heterocycles. The fraction of sp³-hybridized carbons (Fsp3) is 0.375. The van der Waals surface area contributed by atoms with Crippen LogP contribution >= 0.6 is 11.3 Å². The van der Waals surface area contributed by atoms with Crippen molar-refractivity contribution in [2.75, 3.05) is 22.9 Å². The second-order valence-electron chi connectivity index (χ2n) is 5.56. The van der Waals surface area contributed by atoms with E-state index in [9.17, 15) is 18.0 Å². The quantitative estimate of drug-likeness (QED) is 0.819. The first-order valence-corrected chi connectivity index (χ1v) is 8.38. The van der Waals surface area contributed by atoms with Gasteiger partial charge in [-0.15, -0.1) is 11.3 Å². The van der Waals surface area contributed by atoms with Crippen LogP contribution in [-0.4, -0.2) is 24.0 Å². The number of halogens is 3. The molecule has 0 bridgehead atoms. The van der Waals surface area contributed by atoms with Crippen LogP contribution in [0.3, 0.4) is 0 Å². The highest BCUT2D eigenvalue weighted by molar-refractivity contribution is 7.09. The van der Waals surface area contributed by atoms with Crippen molar-refractivity contribution in [2.24, 2.45) is 0 Å². The van der Waals surface area contributed by atoms with E-state index >= 15 is 0 Å². The molecule has 1 aromatic carbocycles. The van der Waals surface area contributed by atoms with Crippen LogP contribution in [0.25, 0.3) is 0 Å². The number of thiazole rings is 1. The smallest absolute Gasteiger partial charge is 0.363 e. The Bertz CT molecular complexity index is 744. The number of hydrogen-bond donors (Lipinski definition) is 0. The molecule has 0 spiro atoms. The topological polar surface area (TPSA) is 36.4 Å². The van der Waals surface area contributed by atoms with Crippen molar-refractivity contribution in [1.82, 2.24) is 4.98 Å². The lowest BCUT2D eigenvalue weighted by Gasteiger charge is -2.25. The zero-order chi connectivity index (χ0) is 17.3. The summed E-state index contributed by atoms with van der Waals surface area (Å²) in [5.41, 5.74) is 0.778. The van der Waals surface area contributed by atoms with Crippen molar-refractivity contribution >= 4 is 28.6 Å². The average Bonchev–Trinajstić information content (AvgIpc) is 2.91. The van der Waals surface area contributed by atoms with Gasteiger partial charge in [-0.25, -0.2) is 4.98 Å². The molecule has 24 heavy (non-hydrogen) atoms. The summed E-state index contributed by atoms with van der Waals surface area (Å²) in [6.45, 7) is 3.06. The second-order valence-corrected chi connectivity index (χ2v) is 6.50. The van der Waals surface area contributed by atoms with Crippen molar-refractivity contribution < 1.29 is 18.0 Å². The zero-order valence-corrected chi connectivity index (χ0v) is 13.8. The lowest BCUT2D eigenvalue weighted by molar-refractivity contribution is -0.140. The third-order valence-electron chi connectivity index (χ3n) is 3.87. The van der Waals surface area contributed by atoms with Crippen LogP contribution in [0.1, 0.15) is 24.0 Å². The average molecular weight is 355 g/mol. The summed E-state index contributed by atoms with van der Waals surface area (Å²) < 4.78 is 38.1. The molecule has 1 amide bonds. The fourth-order valence-electron chi connectivity index (χ4n) is 2.79. The molecule has 8 heteroatoms. The summed E-state index contributed by atoms with van der Waals surface area (Å²) in [7, 11) is 0. The first-order chi connectivity index (χ1) is 11.4. The SMILES string of the molecule is CC(=O)N1CCCN(Cc2nc(C(F)(F)F)cs2)c2ccccc21. The number of anilines is 2. The fourth-order valence-corrected chi connectivity index (χ4v) is 3.60. The van der Waals surface area contributed by atoms with Crippen LogP contribution in [-0.2, 0) is 17.5 Å². The Morgan fingerprint density at radius 3 is 2.58 bits per heavy atom. The molecule has 0 saturated carbocycles. The monoisotopic (exact) mass is 355 g/mol. The summed E-state index contributed by atoms with van der Waals surface area (Å²) in [4.78, 5) is 19.3. The van der Waals surface area contributed by atoms with E-state index in [2.05, 4.69) is 4.98 Å². The number of carbonyl (C=O) groups is 1. The van der Waals surface area contributed by atoms with Gasteiger partial charge >= 0.3 is 6.18 Å². The van der Waals surface area contributed by atoms with Gasteiger partial charge in [0.05, 0.1) is 17.9 Å². The highest BCUT2D eigenvalue weighted by Gasteiger charge is 2.34. The summed E-state index contributed by atoms with van der Waals surface area (Å²) >= 11 is 1.01. The molecule has 128 valence electrons. The normalized spacial score (nSPS) is 15.2. The predicted octanol–water partition coefficient (Wildman–Crippen LogP) is 3.93. The van der Waals surface area contributed by atoms with Crippen LogP contribution in [0.2, 0.25) is 0 Å². The number of para-hydroxylation sites is 2. The van der Waals surface area contributed by atoms with Crippen LogP contribution in [0.5, 0.6) is 0 Å². The maximum absolute atomic E-state index is 12.7. The maximum atomic E-state index is 12.7. The Morgan fingerprint density at radius 2 is 1.96 bits per heavy atom. The minimum Gasteiger partial charge on any atom is -0.363 e. The van der Waals surface area contributed by atoms with Gasteiger partial charge < -0.3 is 9.80 Å².